The summed E-state index contributed by atoms with van der Waals surface area (Å²) in [6, 6.07) is 0. The normalized spacial score (nSPS) is 14.2. The predicted octanol–water partition coefficient (Wildman–Crippen LogP) is 3.39. The summed E-state index contributed by atoms with van der Waals surface area (Å²) in [4.78, 5) is 0. The van der Waals surface area contributed by atoms with Crippen molar-refractivity contribution >= 4 is 0 Å². The van der Waals surface area contributed by atoms with Gasteiger partial charge >= 0.3 is 0 Å². The van der Waals surface area contributed by atoms with Gasteiger partial charge in [0.15, 0.2) is 0 Å². The lowest BCUT2D eigenvalue weighted by molar-refractivity contribution is 0.222. The van der Waals surface area contributed by atoms with Gasteiger partial charge in [-0.25, -0.2) is 0 Å². The Morgan fingerprint density at radius 1 is 1.23 bits per heavy atom. The van der Waals surface area contributed by atoms with Gasteiger partial charge in [0.2, 0.25) is 0 Å². The molecule has 0 amide bonds. The minimum atomic E-state index is 0.340. The van der Waals surface area contributed by atoms with Gasteiger partial charge in [-0.15, -0.1) is 0 Å². The lowest BCUT2D eigenvalue weighted by Crippen LogP contribution is -2.10. The van der Waals surface area contributed by atoms with E-state index < -0.39 is 0 Å². The highest BCUT2D eigenvalue weighted by atomic mass is 16.3. The summed E-state index contributed by atoms with van der Waals surface area (Å²) in [6.45, 7) is 6.89. The lowest BCUT2D eigenvalue weighted by Gasteiger charge is -2.19. The van der Waals surface area contributed by atoms with Gasteiger partial charge in [-0.3, -0.25) is 0 Å². The molecule has 1 unspecified atom stereocenters. The fourth-order valence-corrected chi connectivity index (χ4v) is 1.64. The molecule has 0 aromatic rings. The van der Waals surface area contributed by atoms with E-state index in [-0.39, 0.29) is 0 Å². The average Bonchev–Trinajstić information content (AvgIpc) is 2.10. The van der Waals surface area contributed by atoms with Crippen LogP contribution in [-0.2, 0) is 0 Å². The first kappa shape index (κ1) is 12.7. The summed E-state index contributed by atoms with van der Waals surface area (Å²) >= 11 is 0. The van der Waals surface area contributed by atoms with Gasteiger partial charge in [0.1, 0.15) is 0 Å². The Bertz CT molecular complexity index is 127. The zero-order valence-corrected chi connectivity index (χ0v) is 9.29. The Hall–Kier alpha value is -0.300. The van der Waals surface area contributed by atoms with Crippen LogP contribution in [0.1, 0.15) is 46.5 Å². The maximum absolute atomic E-state index is 8.87. The summed E-state index contributed by atoms with van der Waals surface area (Å²) < 4.78 is 0. The lowest BCUT2D eigenvalue weighted by atomic mass is 9.88. The molecule has 0 aliphatic heterocycles. The summed E-state index contributed by atoms with van der Waals surface area (Å²) in [6.07, 6.45) is 8.99. The van der Waals surface area contributed by atoms with Crippen LogP contribution in [0.15, 0.2) is 12.2 Å². The van der Waals surface area contributed by atoms with E-state index in [0.29, 0.717) is 18.4 Å². The number of aliphatic hydroxyl groups is 1. The van der Waals surface area contributed by atoms with E-state index in [0.717, 1.165) is 6.42 Å². The number of unbranched alkanes of at least 4 members (excludes halogenated alkanes) is 1. The molecule has 0 heterocycles. The molecule has 1 atom stereocenters. The average molecular weight is 184 g/mol. The molecule has 0 radical (unpaired) electrons. The molecule has 1 nitrogen and oxygen atoms in total. The summed E-state index contributed by atoms with van der Waals surface area (Å²) in [5.41, 5.74) is 0. The third kappa shape index (κ3) is 6.83. The molecule has 0 aliphatic rings. The maximum Gasteiger partial charge on any atom is 0.0433 e. The number of hydrogen-bond acceptors (Lipinski definition) is 1. The molecule has 1 heteroatoms. The predicted molar refractivity (Wildman–Crippen MR) is 58.7 cm³/mol. The Kier molecular flexibility index (Phi) is 8.11. The van der Waals surface area contributed by atoms with Crippen molar-refractivity contribution in [1.82, 2.24) is 0 Å². The summed E-state index contributed by atoms with van der Waals surface area (Å²) in [5, 5.41) is 8.87. The second kappa shape index (κ2) is 8.31. The minimum absolute atomic E-state index is 0.340. The smallest absolute Gasteiger partial charge is 0.0433 e. The van der Waals surface area contributed by atoms with E-state index in [4.69, 9.17) is 5.11 Å². The van der Waals surface area contributed by atoms with E-state index in [1.807, 2.05) is 0 Å². The van der Waals surface area contributed by atoms with Crippen LogP contribution in [-0.4, -0.2) is 11.7 Å². The molecule has 0 aliphatic carbocycles. The first-order valence-corrected chi connectivity index (χ1v) is 5.44. The third-order valence-electron chi connectivity index (χ3n) is 2.62. The fourth-order valence-electron chi connectivity index (χ4n) is 1.64. The molecule has 0 aromatic heterocycles. The van der Waals surface area contributed by atoms with Crippen LogP contribution in [0.2, 0.25) is 0 Å². The van der Waals surface area contributed by atoms with Gasteiger partial charge in [-0.1, -0.05) is 26.0 Å². The Morgan fingerprint density at radius 2 is 1.92 bits per heavy atom. The van der Waals surface area contributed by atoms with Crippen LogP contribution in [0, 0.1) is 11.8 Å². The largest absolute Gasteiger partial charge is 0.396 e. The Labute approximate surface area is 82.9 Å². The van der Waals surface area contributed by atoms with E-state index in [1.54, 1.807) is 0 Å². The van der Waals surface area contributed by atoms with Crippen LogP contribution < -0.4 is 0 Å². The van der Waals surface area contributed by atoms with Crippen LogP contribution >= 0.6 is 0 Å². The fraction of sp³-hybridized carbons (Fsp3) is 0.833. The van der Waals surface area contributed by atoms with Gasteiger partial charge in [0.05, 0.1) is 0 Å². The summed E-state index contributed by atoms with van der Waals surface area (Å²) in [5.74, 6) is 1.41. The monoisotopic (exact) mass is 184 g/mol. The van der Waals surface area contributed by atoms with E-state index in [2.05, 4.69) is 32.9 Å². The minimum Gasteiger partial charge on any atom is -0.396 e. The van der Waals surface area contributed by atoms with Crippen molar-refractivity contribution in [3.05, 3.63) is 12.2 Å². The van der Waals surface area contributed by atoms with Crippen molar-refractivity contribution in [2.75, 3.05) is 6.61 Å². The topological polar surface area (TPSA) is 20.2 Å². The molecule has 0 fully saturated rings. The van der Waals surface area contributed by atoms with Gasteiger partial charge in [-0.2, -0.15) is 0 Å². The molecular formula is C12H24O. The zero-order valence-electron chi connectivity index (χ0n) is 9.29. The van der Waals surface area contributed by atoms with Crippen LogP contribution in [0.3, 0.4) is 0 Å². The van der Waals surface area contributed by atoms with Crippen molar-refractivity contribution < 1.29 is 5.11 Å². The first-order chi connectivity index (χ1) is 6.22. The Morgan fingerprint density at radius 3 is 2.38 bits per heavy atom. The van der Waals surface area contributed by atoms with Crippen molar-refractivity contribution in [1.29, 1.82) is 0 Å². The number of rotatable bonds is 7. The second-order valence-electron chi connectivity index (χ2n) is 4.02. The van der Waals surface area contributed by atoms with Crippen molar-refractivity contribution in [2.45, 2.75) is 46.5 Å². The molecule has 1 N–H and O–H groups in total. The van der Waals surface area contributed by atoms with E-state index in [1.165, 1.54) is 19.3 Å². The zero-order chi connectivity index (χ0) is 10.1. The molecular weight excluding hydrogens is 160 g/mol. The molecule has 13 heavy (non-hydrogen) atoms. The van der Waals surface area contributed by atoms with Gasteiger partial charge in [0, 0.05) is 6.61 Å². The number of aliphatic hydroxyl groups excluding tert-OH is 1. The molecule has 0 rings (SSSR count). The molecule has 0 aromatic carbocycles. The molecule has 78 valence electrons. The maximum atomic E-state index is 8.87. The quantitative estimate of drug-likeness (QED) is 0.475. The van der Waals surface area contributed by atoms with Crippen LogP contribution in [0.25, 0.3) is 0 Å². The van der Waals surface area contributed by atoms with Gasteiger partial charge in [-0.05, 0) is 44.4 Å². The number of allylic oxidation sites excluding steroid dienone is 2. The third-order valence-corrected chi connectivity index (χ3v) is 2.62. The van der Waals surface area contributed by atoms with Crippen molar-refractivity contribution in [3.8, 4) is 0 Å². The Balaban J connectivity index is 3.56. The highest BCUT2D eigenvalue weighted by Crippen LogP contribution is 2.21. The standard InChI is InChI=1S/C12H24O/c1-4-5-6-7-8-12(9-10-13)11(2)3/h4-5,11-13H,6-10H2,1-3H3/b5-4-. The van der Waals surface area contributed by atoms with Crippen molar-refractivity contribution in [3.63, 3.8) is 0 Å². The summed E-state index contributed by atoms with van der Waals surface area (Å²) in [7, 11) is 0. The van der Waals surface area contributed by atoms with Gasteiger partial charge in [0.25, 0.3) is 0 Å². The second-order valence-corrected chi connectivity index (χ2v) is 4.02. The first-order valence-electron chi connectivity index (χ1n) is 5.44. The van der Waals surface area contributed by atoms with Gasteiger partial charge < -0.3 is 5.11 Å². The highest BCUT2D eigenvalue weighted by Gasteiger charge is 2.11. The van der Waals surface area contributed by atoms with E-state index >= 15 is 0 Å². The molecule has 0 spiro atoms. The molecule has 0 saturated heterocycles. The van der Waals surface area contributed by atoms with Crippen LogP contribution in [0.5, 0.6) is 0 Å². The SMILES string of the molecule is C/C=C\CCCC(CCO)C(C)C. The molecule has 0 bridgehead atoms. The molecule has 0 saturated carbocycles. The van der Waals surface area contributed by atoms with Crippen LogP contribution in [0.4, 0.5) is 0 Å². The number of hydrogen-bond donors (Lipinski definition) is 1. The van der Waals surface area contributed by atoms with Crippen molar-refractivity contribution in [2.24, 2.45) is 11.8 Å². The highest BCUT2D eigenvalue weighted by molar-refractivity contribution is 4.77. The van der Waals surface area contributed by atoms with E-state index in [9.17, 15) is 0 Å².